The van der Waals surface area contributed by atoms with E-state index in [1.165, 1.54) is 13.8 Å². The molecule has 0 radical (unpaired) electrons. The molecule has 1 amide bonds. The van der Waals surface area contributed by atoms with Gasteiger partial charge in [-0.3, -0.25) is 4.79 Å². The molecule has 0 bridgehead atoms. The van der Waals surface area contributed by atoms with E-state index in [1.54, 1.807) is 18.2 Å². The van der Waals surface area contributed by atoms with Gasteiger partial charge in [0.25, 0.3) is 0 Å². The summed E-state index contributed by atoms with van der Waals surface area (Å²) in [7, 11) is -3.65. The van der Waals surface area contributed by atoms with E-state index < -0.39 is 21.5 Å². The summed E-state index contributed by atoms with van der Waals surface area (Å²) in [6, 6.07) is 6.97. The fraction of sp³-hybridized carbons (Fsp3) is 0.417. The highest BCUT2D eigenvalue weighted by Crippen LogP contribution is 2.11. The van der Waals surface area contributed by atoms with E-state index in [9.17, 15) is 13.2 Å². The number of hydrogen-bond donors (Lipinski definition) is 3. The summed E-state index contributed by atoms with van der Waals surface area (Å²) in [5.74, 6) is -0.954. The minimum Gasteiger partial charge on any atom is -0.368 e. The van der Waals surface area contributed by atoms with Crippen LogP contribution < -0.4 is 16.2 Å². The third-order valence-electron chi connectivity index (χ3n) is 2.61. The number of carbonyl (C=O) groups excluding carboxylic acids is 1. The van der Waals surface area contributed by atoms with Gasteiger partial charge in [-0.15, -0.1) is 0 Å². The highest BCUT2D eigenvalue weighted by Gasteiger charge is 2.30. The summed E-state index contributed by atoms with van der Waals surface area (Å²) in [5.41, 5.74) is 10.8. The van der Waals surface area contributed by atoms with Gasteiger partial charge in [0.1, 0.15) is 5.54 Å². The fourth-order valence-corrected chi connectivity index (χ4v) is 3.11. The molecule has 1 aromatic rings. The van der Waals surface area contributed by atoms with E-state index in [1.807, 2.05) is 6.07 Å². The van der Waals surface area contributed by atoms with Crippen LogP contribution in [0.3, 0.4) is 0 Å². The second-order valence-electron chi connectivity index (χ2n) is 4.87. The molecule has 0 aromatic heterocycles. The first kappa shape index (κ1) is 15.6. The summed E-state index contributed by atoms with van der Waals surface area (Å²) in [6.45, 7) is 3.18. The Labute approximate surface area is 113 Å². The Morgan fingerprint density at radius 1 is 1.32 bits per heavy atom. The zero-order chi connectivity index (χ0) is 14.7. The Hall–Kier alpha value is -1.44. The van der Waals surface area contributed by atoms with Gasteiger partial charge in [-0.25, -0.2) is 8.42 Å². The first-order valence-corrected chi connectivity index (χ1v) is 7.41. The maximum absolute atomic E-state index is 12.0. The van der Waals surface area contributed by atoms with Gasteiger partial charge in [0, 0.05) is 6.54 Å². The average molecular weight is 285 g/mol. The van der Waals surface area contributed by atoms with Crippen LogP contribution in [0.1, 0.15) is 25.0 Å². The molecule has 1 aromatic carbocycles. The lowest BCUT2D eigenvalue weighted by Gasteiger charge is -2.22. The molecule has 0 unspecified atom stereocenters. The average Bonchev–Trinajstić information content (AvgIpc) is 2.26. The maximum atomic E-state index is 12.0. The number of primary amides is 1. The van der Waals surface area contributed by atoms with Crippen molar-refractivity contribution >= 4 is 15.9 Å². The summed E-state index contributed by atoms with van der Waals surface area (Å²) >= 11 is 0. The molecule has 1 rings (SSSR count). The number of benzene rings is 1. The van der Waals surface area contributed by atoms with E-state index in [2.05, 4.69) is 4.72 Å². The van der Waals surface area contributed by atoms with Gasteiger partial charge in [-0.2, -0.15) is 4.72 Å². The van der Waals surface area contributed by atoms with Gasteiger partial charge >= 0.3 is 0 Å². The fourth-order valence-electron chi connectivity index (χ4n) is 1.54. The molecule has 0 saturated carbocycles. The first-order valence-electron chi connectivity index (χ1n) is 5.76. The van der Waals surface area contributed by atoms with Gasteiger partial charge in [-0.1, -0.05) is 24.3 Å². The van der Waals surface area contributed by atoms with Crippen molar-refractivity contribution in [2.24, 2.45) is 11.5 Å². The molecule has 0 aliphatic carbocycles. The zero-order valence-corrected chi connectivity index (χ0v) is 11.8. The van der Waals surface area contributed by atoms with E-state index in [0.717, 1.165) is 5.56 Å². The molecule has 0 spiro atoms. The summed E-state index contributed by atoms with van der Waals surface area (Å²) in [5, 5.41) is 0. The number of carbonyl (C=O) groups is 1. The van der Waals surface area contributed by atoms with Crippen molar-refractivity contribution in [2.45, 2.75) is 31.7 Å². The Bertz CT molecular complexity index is 567. The number of nitrogens with one attached hydrogen (secondary N) is 1. The summed E-state index contributed by atoms with van der Waals surface area (Å²) in [4.78, 5) is 11.1. The molecule has 19 heavy (non-hydrogen) atoms. The molecule has 5 N–H and O–H groups in total. The topological polar surface area (TPSA) is 115 Å². The van der Waals surface area contributed by atoms with Crippen molar-refractivity contribution < 1.29 is 13.2 Å². The number of sulfonamides is 1. The lowest BCUT2D eigenvalue weighted by atomic mass is 10.1. The normalized spacial score (nSPS) is 12.4. The molecular formula is C12H19N3O3S. The number of amides is 1. The van der Waals surface area contributed by atoms with Gasteiger partial charge < -0.3 is 11.5 Å². The van der Waals surface area contributed by atoms with Crippen molar-refractivity contribution in [3.63, 3.8) is 0 Å². The first-order chi connectivity index (χ1) is 8.66. The predicted octanol–water partition coefficient (Wildman–Crippen LogP) is -0.171. The minimum absolute atomic E-state index is 0.225. The SMILES string of the molecule is CC(C)(NS(=O)(=O)Cc1cccc(CN)c1)C(N)=O. The highest BCUT2D eigenvalue weighted by molar-refractivity contribution is 7.88. The zero-order valence-electron chi connectivity index (χ0n) is 11.0. The third kappa shape index (κ3) is 4.62. The Balaban J connectivity index is 2.88. The molecule has 0 saturated heterocycles. The van der Waals surface area contributed by atoms with Crippen LogP contribution in [0.2, 0.25) is 0 Å². The number of nitrogens with two attached hydrogens (primary N) is 2. The molecule has 0 aliphatic heterocycles. The van der Waals surface area contributed by atoms with Gasteiger partial charge in [0.05, 0.1) is 5.75 Å². The Morgan fingerprint density at radius 2 is 1.89 bits per heavy atom. The number of rotatable bonds is 6. The van der Waals surface area contributed by atoms with E-state index in [-0.39, 0.29) is 5.75 Å². The molecule has 0 atom stereocenters. The van der Waals surface area contributed by atoms with E-state index in [0.29, 0.717) is 12.1 Å². The third-order valence-corrected chi connectivity index (χ3v) is 4.15. The van der Waals surface area contributed by atoms with Crippen molar-refractivity contribution in [3.8, 4) is 0 Å². The molecule has 0 heterocycles. The summed E-state index contributed by atoms with van der Waals surface area (Å²) < 4.78 is 26.2. The summed E-state index contributed by atoms with van der Waals surface area (Å²) in [6.07, 6.45) is 0. The number of hydrogen-bond acceptors (Lipinski definition) is 4. The second kappa shape index (κ2) is 5.68. The van der Waals surface area contributed by atoms with Gasteiger partial charge in [0.15, 0.2) is 0 Å². The standard InChI is InChI=1S/C12H19N3O3S/c1-12(2,11(14)16)15-19(17,18)8-10-5-3-4-9(6-10)7-13/h3-6,15H,7-8,13H2,1-2H3,(H2,14,16). The molecule has 0 fully saturated rings. The molecule has 106 valence electrons. The smallest absolute Gasteiger partial charge is 0.238 e. The lowest BCUT2D eigenvalue weighted by molar-refractivity contribution is -0.122. The van der Waals surface area contributed by atoms with E-state index >= 15 is 0 Å². The van der Waals surface area contributed by atoms with Crippen molar-refractivity contribution in [1.29, 1.82) is 0 Å². The van der Waals surface area contributed by atoms with Gasteiger partial charge in [-0.05, 0) is 25.0 Å². The van der Waals surface area contributed by atoms with Crippen LogP contribution >= 0.6 is 0 Å². The minimum atomic E-state index is -3.65. The highest BCUT2D eigenvalue weighted by atomic mass is 32.2. The van der Waals surface area contributed by atoms with Crippen LogP contribution in [0.15, 0.2) is 24.3 Å². The largest absolute Gasteiger partial charge is 0.368 e. The van der Waals surface area contributed by atoms with Crippen LogP contribution in [0.5, 0.6) is 0 Å². The maximum Gasteiger partial charge on any atom is 0.238 e. The van der Waals surface area contributed by atoms with Crippen LogP contribution in [0.4, 0.5) is 0 Å². The molecule has 7 heteroatoms. The van der Waals surface area contributed by atoms with Gasteiger partial charge in [0.2, 0.25) is 15.9 Å². The van der Waals surface area contributed by atoms with Crippen LogP contribution in [-0.2, 0) is 27.1 Å². The van der Waals surface area contributed by atoms with Crippen molar-refractivity contribution in [1.82, 2.24) is 4.72 Å². The Morgan fingerprint density at radius 3 is 2.42 bits per heavy atom. The van der Waals surface area contributed by atoms with Crippen molar-refractivity contribution in [3.05, 3.63) is 35.4 Å². The monoisotopic (exact) mass is 285 g/mol. The lowest BCUT2D eigenvalue weighted by Crippen LogP contribution is -2.53. The predicted molar refractivity (Wildman–Crippen MR) is 73.4 cm³/mol. The van der Waals surface area contributed by atoms with Crippen LogP contribution in [0.25, 0.3) is 0 Å². The van der Waals surface area contributed by atoms with Crippen LogP contribution in [-0.4, -0.2) is 19.9 Å². The van der Waals surface area contributed by atoms with Crippen LogP contribution in [0, 0.1) is 0 Å². The quantitative estimate of drug-likeness (QED) is 0.673. The Kier molecular flexibility index (Phi) is 4.67. The van der Waals surface area contributed by atoms with E-state index in [4.69, 9.17) is 11.5 Å². The molecule has 0 aliphatic rings. The molecular weight excluding hydrogens is 266 g/mol. The molecule has 6 nitrogen and oxygen atoms in total. The second-order valence-corrected chi connectivity index (χ2v) is 6.60. The van der Waals surface area contributed by atoms with Crippen molar-refractivity contribution in [2.75, 3.05) is 0 Å².